The summed E-state index contributed by atoms with van der Waals surface area (Å²) in [5, 5.41) is 0.353. The molecule has 0 amide bonds. The number of nitrogens with zero attached hydrogens (tertiary/aromatic N) is 2. The molecule has 3 aromatic rings. The number of rotatable bonds is 3. The van der Waals surface area contributed by atoms with Gasteiger partial charge in [0, 0.05) is 6.20 Å². The molecule has 0 fully saturated rings. The van der Waals surface area contributed by atoms with Crippen molar-refractivity contribution in [3.63, 3.8) is 0 Å². The number of H-pyrrole nitrogens is 2. The molecule has 0 unspecified atom stereocenters. The van der Waals surface area contributed by atoms with Crippen LogP contribution in [0, 0.1) is 6.92 Å². The molecule has 9 heteroatoms. The number of nitrogens with one attached hydrogen (secondary N) is 2. The average Bonchev–Trinajstić information content (AvgIpc) is 2.86. The van der Waals surface area contributed by atoms with Gasteiger partial charge < -0.3 is 14.7 Å². The number of carbonyl (C=O) groups excluding carboxylic acids is 1. The van der Waals surface area contributed by atoms with Crippen LogP contribution in [0.25, 0.3) is 21.7 Å². The van der Waals surface area contributed by atoms with E-state index in [0.717, 1.165) is 17.5 Å². The van der Waals surface area contributed by atoms with Crippen LogP contribution in [0.5, 0.6) is 0 Å². The monoisotopic (exact) mass is 332 g/mol. The Bertz CT molecular complexity index is 997. The molecule has 3 aromatic heterocycles. The van der Waals surface area contributed by atoms with Crippen LogP contribution in [0.4, 0.5) is 0 Å². The van der Waals surface area contributed by atoms with Gasteiger partial charge in [-0.1, -0.05) is 0 Å². The summed E-state index contributed by atoms with van der Waals surface area (Å²) in [5.41, 5.74) is 0.140. The number of hydrogen-bond acceptors (Lipinski definition) is 7. The highest BCUT2D eigenvalue weighted by atomic mass is 32.1. The van der Waals surface area contributed by atoms with Crippen LogP contribution in [0.15, 0.2) is 22.0 Å². The Labute approximate surface area is 133 Å². The van der Waals surface area contributed by atoms with Crippen molar-refractivity contribution in [1.29, 1.82) is 0 Å². The summed E-state index contributed by atoms with van der Waals surface area (Å²) < 4.78 is 4.99. The van der Waals surface area contributed by atoms with Gasteiger partial charge in [-0.15, -0.1) is 11.3 Å². The second kappa shape index (κ2) is 5.76. The predicted molar refractivity (Wildman–Crippen MR) is 84.8 cm³/mol. The highest BCUT2D eigenvalue weighted by Gasteiger charge is 2.20. The first-order valence-electron chi connectivity index (χ1n) is 6.77. The number of aryl methyl sites for hydroxylation is 1. The van der Waals surface area contributed by atoms with Crippen molar-refractivity contribution in [2.24, 2.45) is 0 Å². The Kier molecular flexibility index (Phi) is 3.78. The van der Waals surface area contributed by atoms with E-state index in [4.69, 9.17) is 4.74 Å². The maximum absolute atomic E-state index is 12.3. The van der Waals surface area contributed by atoms with Gasteiger partial charge >= 0.3 is 5.97 Å². The van der Waals surface area contributed by atoms with E-state index in [1.807, 2.05) is 0 Å². The second-order valence-electron chi connectivity index (χ2n) is 4.67. The van der Waals surface area contributed by atoms with Crippen molar-refractivity contribution in [3.8, 4) is 11.5 Å². The molecule has 118 valence electrons. The van der Waals surface area contributed by atoms with Crippen molar-refractivity contribution >= 4 is 27.5 Å². The summed E-state index contributed by atoms with van der Waals surface area (Å²) in [7, 11) is 0. The molecule has 0 aliphatic rings. The summed E-state index contributed by atoms with van der Waals surface area (Å²) in [5.74, 6) is -0.258. The fraction of sp³-hybridized carbons (Fsp3) is 0.214. The number of aromatic amines is 2. The van der Waals surface area contributed by atoms with Crippen molar-refractivity contribution in [2.45, 2.75) is 13.8 Å². The molecule has 0 spiro atoms. The Morgan fingerprint density at radius 3 is 2.83 bits per heavy atom. The molecule has 23 heavy (non-hydrogen) atoms. The van der Waals surface area contributed by atoms with Crippen molar-refractivity contribution in [3.05, 3.63) is 43.5 Å². The van der Waals surface area contributed by atoms with E-state index < -0.39 is 5.97 Å². The van der Waals surface area contributed by atoms with Crippen LogP contribution < -0.4 is 11.1 Å². The van der Waals surface area contributed by atoms with E-state index in [2.05, 4.69) is 19.9 Å². The second-order valence-corrected chi connectivity index (χ2v) is 5.67. The van der Waals surface area contributed by atoms with Crippen LogP contribution >= 0.6 is 11.3 Å². The summed E-state index contributed by atoms with van der Waals surface area (Å²) in [6.07, 6.45) is 2.46. The minimum atomic E-state index is -0.476. The van der Waals surface area contributed by atoms with Gasteiger partial charge in [-0.25, -0.2) is 14.8 Å². The smallest absolute Gasteiger partial charge is 0.348 e. The lowest BCUT2D eigenvalue weighted by Gasteiger charge is -1.99. The molecule has 0 saturated carbocycles. The summed E-state index contributed by atoms with van der Waals surface area (Å²) in [6, 6.07) is 0. The summed E-state index contributed by atoms with van der Waals surface area (Å²) in [4.78, 5) is 49.4. The van der Waals surface area contributed by atoms with Crippen molar-refractivity contribution < 1.29 is 9.53 Å². The van der Waals surface area contributed by atoms with Crippen LogP contribution in [-0.2, 0) is 4.74 Å². The highest BCUT2D eigenvalue weighted by molar-refractivity contribution is 7.20. The first kappa shape index (κ1) is 15.1. The number of fused-ring (bicyclic) bond motifs is 1. The molecule has 0 saturated heterocycles. The molecular formula is C14H12N4O4S. The fourth-order valence-electron chi connectivity index (χ4n) is 2.13. The van der Waals surface area contributed by atoms with Gasteiger partial charge in [-0.3, -0.25) is 9.59 Å². The van der Waals surface area contributed by atoms with Gasteiger partial charge in [-0.05, 0) is 19.4 Å². The molecule has 0 radical (unpaired) electrons. The van der Waals surface area contributed by atoms with Gasteiger partial charge in [-0.2, -0.15) is 0 Å². The molecule has 8 nitrogen and oxygen atoms in total. The predicted octanol–water partition coefficient (Wildman–Crippen LogP) is 1.22. The molecule has 0 atom stereocenters. The van der Waals surface area contributed by atoms with E-state index in [1.165, 1.54) is 6.20 Å². The maximum Gasteiger partial charge on any atom is 0.348 e. The molecule has 3 rings (SSSR count). The van der Waals surface area contributed by atoms with E-state index >= 15 is 0 Å². The molecule has 2 N–H and O–H groups in total. The molecule has 0 aromatic carbocycles. The Morgan fingerprint density at radius 1 is 1.39 bits per heavy atom. The molecular weight excluding hydrogens is 320 g/mol. The lowest BCUT2D eigenvalue weighted by atomic mass is 10.2. The lowest BCUT2D eigenvalue weighted by Crippen LogP contribution is -2.12. The Hall–Kier alpha value is -2.81. The molecule has 0 aliphatic carbocycles. The number of esters is 1. The lowest BCUT2D eigenvalue weighted by molar-refractivity contribution is 0.0531. The standard InChI is InChI=1S/C14H12N4O4S/c1-3-22-14(21)10-6(2)9-12(20)17-11(18-13(9)23-10)7-4-16-8(19)5-15-7/h4-5H,3H2,1-2H3,(H,16,19)(H,17,18,20). The quantitative estimate of drug-likeness (QED) is 0.696. The highest BCUT2D eigenvalue weighted by Crippen LogP contribution is 2.28. The molecule has 0 bridgehead atoms. The number of aromatic nitrogens is 4. The van der Waals surface area contributed by atoms with Crippen LogP contribution in [-0.4, -0.2) is 32.5 Å². The third kappa shape index (κ3) is 2.66. The largest absolute Gasteiger partial charge is 0.462 e. The van der Waals surface area contributed by atoms with Crippen LogP contribution in [0.1, 0.15) is 22.2 Å². The van der Waals surface area contributed by atoms with Crippen LogP contribution in [0.3, 0.4) is 0 Å². The van der Waals surface area contributed by atoms with Crippen LogP contribution in [0.2, 0.25) is 0 Å². The third-order valence-electron chi connectivity index (χ3n) is 3.18. The number of ether oxygens (including phenoxy) is 1. The number of thiophene rings is 1. The van der Waals surface area contributed by atoms with Crippen molar-refractivity contribution in [2.75, 3.05) is 6.61 Å². The molecule has 0 aliphatic heterocycles. The maximum atomic E-state index is 12.3. The minimum Gasteiger partial charge on any atom is -0.462 e. The zero-order valence-corrected chi connectivity index (χ0v) is 13.1. The summed E-state index contributed by atoms with van der Waals surface area (Å²) in [6.45, 7) is 3.65. The van der Waals surface area contributed by atoms with Crippen molar-refractivity contribution in [1.82, 2.24) is 19.9 Å². The fourth-order valence-corrected chi connectivity index (χ4v) is 3.20. The van der Waals surface area contributed by atoms with E-state index in [0.29, 0.717) is 26.4 Å². The minimum absolute atomic E-state index is 0.218. The van der Waals surface area contributed by atoms with Gasteiger partial charge in [0.2, 0.25) is 0 Å². The zero-order valence-electron chi connectivity index (χ0n) is 12.3. The normalized spacial score (nSPS) is 10.9. The zero-order chi connectivity index (χ0) is 16.6. The Morgan fingerprint density at radius 2 is 2.17 bits per heavy atom. The van der Waals surface area contributed by atoms with E-state index in [9.17, 15) is 14.4 Å². The summed E-state index contributed by atoms with van der Waals surface area (Å²) >= 11 is 1.09. The van der Waals surface area contributed by atoms with E-state index in [1.54, 1.807) is 13.8 Å². The molecule has 3 heterocycles. The van der Waals surface area contributed by atoms with Gasteiger partial charge in [0.05, 0.1) is 18.2 Å². The number of carbonyl (C=O) groups is 1. The van der Waals surface area contributed by atoms with Gasteiger partial charge in [0.25, 0.3) is 11.1 Å². The van der Waals surface area contributed by atoms with Gasteiger partial charge in [0.1, 0.15) is 15.4 Å². The number of hydrogen-bond donors (Lipinski definition) is 2. The SMILES string of the molecule is CCOC(=O)c1sc2nc(-c3c[nH]c(=O)cn3)[nH]c(=O)c2c1C. The third-order valence-corrected chi connectivity index (χ3v) is 4.34. The average molecular weight is 332 g/mol. The first-order valence-corrected chi connectivity index (χ1v) is 7.58. The Balaban J connectivity index is 2.19. The first-order chi connectivity index (χ1) is 11.0. The van der Waals surface area contributed by atoms with Gasteiger partial charge in [0.15, 0.2) is 5.82 Å². The topological polar surface area (TPSA) is 118 Å². The van der Waals surface area contributed by atoms with E-state index in [-0.39, 0.29) is 23.5 Å².